The Morgan fingerprint density at radius 2 is 2.12 bits per heavy atom. The monoisotopic (exact) mass is 477 g/mol. The summed E-state index contributed by atoms with van der Waals surface area (Å²) in [5.41, 5.74) is 7.51. The predicted molar refractivity (Wildman–Crippen MR) is 127 cm³/mol. The first kappa shape index (κ1) is 24.1. The van der Waals surface area contributed by atoms with Gasteiger partial charge in [0.05, 0.1) is 11.3 Å². The molecule has 0 amide bonds. The van der Waals surface area contributed by atoms with Crippen molar-refractivity contribution in [2.75, 3.05) is 24.6 Å². The van der Waals surface area contributed by atoms with E-state index >= 15 is 0 Å². The molecule has 2 bridgehead atoms. The fraction of sp³-hybridized carbons (Fsp3) is 0.696. The van der Waals surface area contributed by atoms with Gasteiger partial charge in [0.15, 0.2) is 5.82 Å². The second-order valence-electron chi connectivity index (χ2n) is 10.0. The number of hydrogen-bond acceptors (Lipinski definition) is 7. The van der Waals surface area contributed by atoms with Crippen molar-refractivity contribution in [3.63, 3.8) is 0 Å². The van der Waals surface area contributed by atoms with Gasteiger partial charge in [-0.15, -0.1) is 0 Å². The molecule has 0 aromatic carbocycles. The van der Waals surface area contributed by atoms with Gasteiger partial charge in [0.2, 0.25) is 10.0 Å². The molecule has 0 saturated heterocycles. The number of hydrogen-bond donors (Lipinski definition) is 2. The van der Waals surface area contributed by atoms with Crippen molar-refractivity contribution in [3.8, 4) is 0 Å². The number of Topliss-reactive ketones (excluding diaryl/α,β-unsaturated/α-hetero) is 1. The van der Waals surface area contributed by atoms with Gasteiger partial charge in [-0.05, 0) is 50.0 Å². The topological polar surface area (TPSA) is 129 Å². The van der Waals surface area contributed by atoms with Gasteiger partial charge in [-0.2, -0.15) is 0 Å². The summed E-state index contributed by atoms with van der Waals surface area (Å²) >= 11 is 0. The van der Waals surface area contributed by atoms with E-state index in [0.717, 1.165) is 23.3 Å². The van der Waals surface area contributed by atoms with E-state index in [9.17, 15) is 13.2 Å². The Hall–Kier alpha value is -2.04. The third kappa shape index (κ3) is 4.06. The van der Waals surface area contributed by atoms with Gasteiger partial charge in [-0.3, -0.25) is 4.79 Å². The molecule has 2 saturated carbocycles. The average Bonchev–Trinajstić information content (AvgIpc) is 3.29. The molecule has 3 N–H and O–H groups in total. The number of aromatic nitrogens is 3. The number of carbonyl (C=O) groups is 1. The highest BCUT2D eigenvalue weighted by atomic mass is 32.2. The maximum Gasteiger partial charge on any atom is 0.212 e. The van der Waals surface area contributed by atoms with Crippen LogP contribution in [0.2, 0.25) is 0 Å². The zero-order valence-corrected chi connectivity index (χ0v) is 20.8. The quantitative estimate of drug-likeness (QED) is 0.503. The van der Waals surface area contributed by atoms with Gasteiger partial charge in [0.1, 0.15) is 23.7 Å². The summed E-state index contributed by atoms with van der Waals surface area (Å²) < 4.78 is 36.3. The van der Waals surface area contributed by atoms with E-state index in [4.69, 9.17) is 10.5 Å². The fourth-order valence-electron chi connectivity index (χ4n) is 5.86. The van der Waals surface area contributed by atoms with Crippen LogP contribution >= 0.6 is 0 Å². The van der Waals surface area contributed by atoms with E-state index in [-0.39, 0.29) is 23.5 Å². The summed E-state index contributed by atoms with van der Waals surface area (Å²) in [6.45, 7) is 9.73. The number of imidazole rings is 1. The summed E-state index contributed by atoms with van der Waals surface area (Å²) in [6, 6.07) is 0. The Labute approximate surface area is 195 Å². The summed E-state index contributed by atoms with van der Waals surface area (Å²) in [4.78, 5) is 21.5. The third-order valence-corrected chi connectivity index (χ3v) is 9.47. The third-order valence-electron chi connectivity index (χ3n) is 7.95. The van der Waals surface area contributed by atoms with Crippen LogP contribution in [-0.4, -0.2) is 47.6 Å². The highest BCUT2D eigenvalue weighted by molar-refractivity contribution is 7.89. The van der Waals surface area contributed by atoms with E-state index in [2.05, 4.69) is 28.5 Å². The van der Waals surface area contributed by atoms with Crippen molar-refractivity contribution in [1.82, 2.24) is 19.3 Å². The molecule has 9 nitrogen and oxygen atoms in total. The number of nitrogens with zero attached hydrogens (tertiary/aromatic N) is 3. The van der Waals surface area contributed by atoms with Gasteiger partial charge in [-0.25, -0.2) is 23.1 Å². The van der Waals surface area contributed by atoms with E-state index in [0.29, 0.717) is 56.3 Å². The lowest BCUT2D eigenvalue weighted by Crippen LogP contribution is -2.45. The van der Waals surface area contributed by atoms with E-state index in [1.54, 1.807) is 6.20 Å². The maximum absolute atomic E-state index is 13.0. The number of nitrogens with two attached hydrogens (primary N) is 1. The number of rotatable bonds is 10. The summed E-state index contributed by atoms with van der Waals surface area (Å²) in [5, 5.41) is 0. The zero-order valence-electron chi connectivity index (χ0n) is 20.0. The molecule has 33 heavy (non-hydrogen) atoms. The van der Waals surface area contributed by atoms with Crippen LogP contribution in [0.1, 0.15) is 57.8 Å². The molecule has 4 rings (SSSR count). The lowest BCUT2D eigenvalue weighted by atomic mass is 9.70. The molecule has 2 aromatic rings. The molecular formula is C23H35N5O4S. The van der Waals surface area contributed by atoms with Crippen LogP contribution in [0.15, 0.2) is 6.20 Å². The average molecular weight is 478 g/mol. The second-order valence-corrected chi connectivity index (χ2v) is 11.8. The number of anilines is 1. The lowest BCUT2D eigenvalue weighted by Gasteiger charge is -2.36. The highest BCUT2D eigenvalue weighted by Crippen LogP contribution is 2.64. The molecule has 2 aromatic heterocycles. The first-order valence-electron chi connectivity index (χ1n) is 11.7. The Morgan fingerprint density at radius 1 is 1.36 bits per heavy atom. The van der Waals surface area contributed by atoms with E-state index in [1.807, 2.05) is 18.4 Å². The number of aryl methyl sites for hydroxylation is 2. The maximum atomic E-state index is 13.0. The van der Waals surface area contributed by atoms with Crippen molar-refractivity contribution < 1.29 is 17.9 Å². The Morgan fingerprint density at radius 3 is 2.76 bits per heavy atom. The molecule has 10 heteroatoms. The molecule has 2 heterocycles. The van der Waals surface area contributed by atoms with Crippen molar-refractivity contribution in [1.29, 1.82) is 0 Å². The Balaban J connectivity index is 1.45. The van der Waals surface area contributed by atoms with Crippen LogP contribution in [0.5, 0.6) is 0 Å². The second kappa shape index (κ2) is 8.63. The Kier molecular flexibility index (Phi) is 6.30. The molecule has 2 atom stereocenters. The minimum atomic E-state index is -3.59. The molecule has 0 radical (unpaired) electrons. The lowest BCUT2D eigenvalue weighted by molar-refractivity contribution is -0.128. The van der Waals surface area contributed by atoms with Crippen molar-refractivity contribution in [2.45, 2.75) is 66.5 Å². The first-order chi connectivity index (χ1) is 15.5. The summed E-state index contributed by atoms with van der Waals surface area (Å²) in [7, 11) is -3.59. The number of ether oxygens (including phenoxy) is 1. The Bertz CT molecular complexity index is 1170. The highest BCUT2D eigenvalue weighted by Gasteiger charge is 2.65. The van der Waals surface area contributed by atoms with Crippen LogP contribution < -0.4 is 10.5 Å². The van der Waals surface area contributed by atoms with E-state index in [1.165, 1.54) is 0 Å². The van der Waals surface area contributed by atoms with Crippen molar-refractivity contribution in [2.24, 2.45) is 16.7 Å². The van der Waals surface area contributed by atoms with Crippen LogP contribution in [0, 0.1) is 23.7 Å². The summed E-state index contributed by atoms with van der Waals surface area (Å²) in [6.07, 6.45) is 4.40. The normalized spacial score (nSPS) is 24.2. The minimum Gasteiger partial charge on any atom is -0.382 e. The number of ketones is 1. The van der Waals surface area contributed by atoms with Crippen molar-refractivity contribution >= 4 is 32.7 Å². The van der Waals surface area contributed by atoms with Crippen LogP contribution in [-0.2, 0) is 32.7 Å². The largest absolute Gasteiger partial charge is 0.382 e. The number of fused-ring (bicyclic) bond motifs is 3. The number of pyridine rings is 1. The number of carbonyl (C=O) groups excluding carboxylic acids is 1. The molecule has 2 aliphatic rings. The number of sulfonamides is 1. The molecule has 0 spiro atoms. The SMILES string of the molecule is CCOCc1nc2c(N)ncc(C)c2n1CCCNS(=O)(=O)CC12CCC(CC1=O)C2(C)C. The fourth-order valence-corrected chi connectivity index (χ4v) is 7.74. The van der Waals surface area contributed by atoms with Gasteiger partial charge in [0.25, 0.3) is 0 Å². The molecule has 182 valence electrons. The molecule has 2 aliphatic carbocycles. The molecule has 2 unspecified atom stereocenters. The van der Waals surface area contributed by atoms with Crippen LogP contribution in [0.3, 0.4) is 0 Å². The van der Waals surface area contributed by atoms with Gasteiger partial charge in [-0.1, -0.05) is 13.8 Å². The standard InChI is InChI=1S/C23H35N5O4S/c1-5-32-13-18-27-19-20(15(2)12-25-21(19)24)28(18)10-6-9-26-33(30,31)14-23-8-7-16(11-17(23)29)22(23,3)4/h12,16,26H,5-11,13-14H2,1-4H3,(H2,24,25). The van der Waals surface area contributed by atoms with Crippen LogP contribution in [0.4, 0.5) is 5.82 Å². The summed E-state index contributed by atoms with van der Waals surface area (Å²) in [5.74, 6) is 1.40. The first-order valence-corrected chi connectivity index (χ1v) is 13.4. The van der Waals surface area contributed by atoms with Crippen molar-refractivity contribution in [3.05, 3.63) is 17.6 Å². The van der Waals surface area contributed by atoms with Gasteiger partial charge in [0, 0.05) is 37.7 Å². The molecule has 0 aliphatic heterocycles. The minimum absolute atomic E-state index is 0.112. The zero-order chi connectivity index (χ0) is 24.0. The molecule has 2 fully saturated rings. The smallest absolute Gasteiger partial charge is 0.212 e. The number of nitrogen functional groups attached to an aromatic ring is 1. The van der Waals surface area contributed by atoms with E-state index < -0.39 is 15.4 Å². The van der Waals surface area contributed by atoms with Gasteiger partial charge >= 0.3 is 0 Å². The van der Waals surface area contributed by atoms with Gasteiger partial charge < -0.3 is 15.0 Å². The molecular weight excluding hydrogens is 442 g/mol. The predicted octanol–water partition coefficient (Wildman–Crippen LogP) is 2.56. The van der Waals surface area contributed by atoms with Crippen LogP contribution in [0.25, 0.3) is 11.0 Å². The number of nitrogens with one attached hydrogen (secondary N) is 1.